The molecule has 0 unspecified atom stereocenters. The second kappa shape index (κ2) is 6.80. The molecule has 0 bridgehead atoms. The smallest absolute Gasteiger partial charge is 0.110 e. The number of hydrogen-bond acceptors (Lipinski definition) is 3. The zero-order valence-electron chi connectivity index (χ0n) is 14.1. The van der Waals surface area contributed by atoms with E-state index in [1.807, 2.05) is 0 Å². The third-order valence-corrected chi connectivity index (χ3v) is 4.66. The lowest BCUT2D eigenvalue weighted by Gasteiger charge is -2.32. The van der Waals surface area contributed by atoms with E-state index in [2.05, 4.69) is 59.5 Å². The van der Waals surface area contributed by atoms with Crippen molar-refractivity contribution in [2.24, 2.45) is 0 Å². The molecule has 1 aliphatic rings. The van der Waals surface area contributed by atoms with Gasteiger partial charge >= 0.3 is 0 Å². The standard InChI is InChI=1S/C18H28N4/c1-15(2)22-17-8-5-4-7-16(17)19-18(22)9-6-10-21-13-11-20(3)12-14-21/h4-5,7-8,15H,6,9-14H2,1-3H3. The number of imidazole rings is 1. The van der Waals surface area contributed by atoms with Gasteiger partial charge in [0.1, 0.15) is 5.82 Å². The average Bonchev–Trinajstić information content (AvgIpc) is 2.87. The second-order valence-electron chi connectivity index (χ2n) is 6.73. The molecule has 1 fully saturated rings. The summed E-state index contributed by atoms with van der Waals surface area (Å²) >= 11 is 0. The molecular weight excluding hydrogens is 272 g/mol. The van der Waals surface area contributed by atoms with Crippen LogP contribution in [-0.2, 0) is 6.42 Å². The maximum atomic E-state index is 4.86. The molecule has 0 amide bonds. The van der Waals surface area contributed by atoms with Crippen molar-refractivity contribution in [3.8, 4) is 0 Å². The molecule has 0 aliphatic carbocycles. The Morgan fingerprint density at radius 3 is 2.55 bits per heavy atom. The topological polar surface area (TPSA) is 24.3 Å². The summed E-state index contributed by atoms with van der Waals surface area (Å²) in [7, 11) is 2.21. The summed E-state index contributed by atoms with van der Waals surface area (Å²) in [6, 6.07) is 8.96. The lowest BCUT2D eigenvalue weighted by Crippen LogP contribution is -2.44. The largest absolute Gasteiger partial charge is 0.325 e. The van der Waals surface area contributed by atoms with Gasteiger partial charge in [-0.05, 0) is 46.0 Å². The van der Waals surface area contributed by atoms with Crippen molar-refractivity contribution in [3.05, 3.63) is 30.1 Å². The highest BCUT2D eigenvalue weighted by Crippen LogP contribution is 2.21. The maximum Gasteiger partial charge on any atom is 0.110 e. The number of piperazine rings is 1. The minimum atomic E-state index is 0.464. The molecule has 22 heavy (non-hydrogen) atoms. The molecule has 1 saturated heterocycles. The molecule has 2 heterocycles. The van der Waals surface area contributed by atoms with Gasteiger partial charge in [-0.1, -0.05) is 12.1 Å². The first kappa shape index (κ1) is 15.5. The van der Waals surface area contributed by atoms with Crippen molar-refractivity contribution in [2.45, 2.75) is 32.7 Å². The zero-order chi connectivity index (χ0) is 15.5. The second-order valence-corrected chi connectivity index (χ2v) is 6.73. The van der Waals surface area contributed by atoms with Crippen LogP contribution in [0.3, 0.4) is 0 Å². The minimum absolute atomic E-state index is 0.464. The van der Waals surface area contributed by atoms with Crippen LogP contribution < -0.4 is 0 Å². The van der Waals surface area contributed by atoms with Gasteiger partial charge in [0.05, 0.1) is 11.0 Å². The SMILES string of the molecule is CC(C)n1c(CCCN2CCN(C)CC2)nc2ccccc21. The van der Waals surface area contributed by atoms with Crippen LogP contribution >= 0.6 is 0 Å². The highest BCUT2D eigenvalue weighted by atomic mass is 15.2. The van der Waals surface area contributed by atoms with E-state index in [4.69, 9.17) is 4.98 Å². The molecule has 4 heteroatoms. The Hall–Kier alpha value is -1.39. The first-order valence-corrected chi connectivity index (χ1v) is 8.52. The highest BCUT2D eigenvalue weighted by molar-refractivity contribution is 5.76. The molecule has 0 atom stereocenters. The summed E-state index contributed by atoms with van der Waals surface area (Å²) in [5, 5.41) is 0. The third kappa shape index (κ3) is 3.33. The van der Waals surface area contributed by atoms with Crippen LogP contribution in [-0.4, -0.2) is 59.1 Å². The molecule has 0 radical (unpaired) electrons. The van der Waals surface area contributed by atoms with Crippen LogP contribution in [0.25, 0.3) is 11.0 Å². The van der Waals surface area contributed by atoms with Crippen molar-refractivity contribution in [2.75, 3.05) is 39.8 Å². The van der Waals surface area contributed by atoms with Gasteiger partial charge in [-0.25, -0.2) is 4.98 Å². The van der Waals surface area contributed by atoms with Crippen LogP contribution in [0.4, 0.5) is 0 Å². The first-order valence-electron chi connectivity index (χ1n) is 8.52. The maximum absolute atomic E-state index is 4.86. The minimum Gasteiger partial charge on any atom is -0.325 e. The van der Waals surface area contributed by atoms with Gasteiger partial charge in [-0.15, -0.1) is 0 Å². The summed E-state index contributed by atoms with van der Waals surface area (Å²) in [5.41, 5.74) is 2.40. The fraction of sp³-hybridized carbons (Fsp3) is 0.611. The normalized spacial score (nSPS) is 17.6. The lowest BCUT2D eigenvalue weighted by atomic mass is 10.2. The van der Waals surface area contributed by atoms with Crippen LogP contribution in [0.5, 0.6) is 0 Å². The summed E-state index contributed by atoms with van der Waals surface area (Å²) in [4.78, 5) is 9.86. The summed E-state index contributed by atoms with van der Waals surface area (Å²) in [6.45, 7) is 10.5. The molecule has 4 nitrogen and oxygen atoms in total. The van der Waals surface area contributed by atoms with Crippen molar-refractivity contribution in [1.82, 2.24) is 19.4 Å². The number of para-hydroxylation sites is 2. The van der Waals surface area contributed by atoms with Crippen molar-refractivity contribution in [3.63, 3.8) is 0 Å². The van der Waals surface area contributed by atoms with E-state index in [-0.39, 0.29) is 0 Å². The van der Waals surface area contributed by atoms with Gasteiger partial charge in [0.25, 0.3) is 0 Å². The molecule has 0 spiro atoms. The van der Waals surface area contributed by atoms with Crippen molar-refractivity contribution >= 4 is 11.0 Å². The van der Waals surface area contributed by atoms with Crippen molar-refractivity contribution < 1.29 is 0 Å². The van der Waals surface area contributed by atoms with Crippen LogP contribution in [0.15, 0.2) is 24.3 Å². The average molecular weight is 300 g/mol. The van der Waals surface area contributed by atoms with Crippen LogP contribution in [0.1, 0.15) is 32.1 Å². The number of likely N-dealkylation sites (N-methyl/N-ethyl adjacent to an activating group) is 1. The Kier molecular flexibility index (Phi) is 4.79. The molecule has 1 aromatic carbocycles. The Balaban J connectivity index is 1.65. The molecule has 2 aromatic rings. The number of nitrogens with zero attached hydrogens (tertiary/aromatic N) is 4. The molecule has 1 aromatic heterocycles. The van der Waals surface area contributed by atoms with Crippen LogP contribution in [0, 0.1) is 0 Å². The van der Waals surface area contributed by atoms with E-state index < -0.39 is 0 Å². The van der Waals surface area contributed by atoms with Gasteiger partial charge in [-0.2, -0.15) is 0 Å². The van der Waals surface area contributed by atoms with Gasteiger partial charge < -0.3 is 14.4 Å². The van der Waals surface area contributed by atoms with Gasteiger partial charge in [0.15, 0.2) is 0 Å². The quantitative estimate of drug-likeness (QED) is 0.848. The predicted molar refractivity (Wildman–Crippen MR) is 92.4 cm³/mol. The third-order valence-electron chi connectivity index (χ3n) is 4.66. The molecule has 120 valence electrons. The van der Waals surface area contributed by atoms with Gasteiger partial charge in [0.2, 0.25) is 0 Å². The van der Waals surface area contributed by atoms with E-state index in [1.54, 1.807) is 0 Å². The van der Waals surface area contributed by atoms with E-state index in [1.165, 1.54) is 50.5 Å². The molecular formula is C18H28N4. The molecule has 3 rings (SSSR count). The lowest BCUT2D eigenvalue weighted by molar-refractivity contribution is 0.152. The Morgan fingerprint density at radius 1 is 1.09 bits per heavy atom. The monoisotopic (exact) mass is 300 g/mol. The van der Waals surface area contributed by atoms with Crippen LogP contribution in [0.2, 0.25) is 0 Å². The Labute approximate surface area is 133 Å². The number of fused-ring (bicyclic) bond motifs is 1. The Bertz CT molecular complexity index is 609. The number of benzene rings is 1. The van der Waals surface area contributed by atoms with E-state index in [9.17, 15) is 0 Å². The van der Waals surface area contributed by atoms with E-state index >= 15 is 0 Å². The Morgan fingerprint density at radius 2 is 1.82 bits per heavy atom. The van der Waals surface area contributed by atoms with Gasteiger partial charge in [0, 0.05) is 38.6 Å². The molecule has 1 aliphatic heterocycles. The van der Waals surface area contributed by atoms with E-state index in [0.29, 0.717) is 6.04 Å². The first-order chi connectivity index (χ1) is 10.6. The van der Waals surface area contributed by atoms with E-state index in [0.717, 1.165) is 11.9 Å². The van der Waals surface area contributed by atoms with Gasteiger partial charge in [-0.3, -0.25) is 0 Å². The molecule has 0 N–H and O–H groups in total. The predicted octanol–water partition coefficient (Wildman–Crippen LogP) is 2.80. The number of hydrogen-bond donors (Lipinski definition) is 0. The molecule has 0 saturated carbocycles. The summed E-state index contributed by atoms with van der Waals surface area (Å²) in [6.07, 6.45) is 2.26. The summed E-state index contributed by atoms with van der Waals surface area (Å²) < 4.78 is 2.40. The fourth-order valence-corrected chi connectivity index (χ4v) is 3.38. The number of aryl methyl sites for hydroxylation is 1. The number of aromatic nitrogens is 2. The zero-order valence-corrected chi connectivity index (χ0v) is 14.1. The number of rotatable bonds is 5. The fourth-order valence-electron chi connectivity index (χ4n) is 3.38. The summed E-state index contributed by atoms with van der Waals surface area (Å²) in [5.74, 6) is 1.24. The van der Waals surface area contributed by atoms with Crippen molar-refractivity contribution in [1.29, 1.82) is 0 Å². The highest BCUT2D eigenvalue weighted by Gasteiger charge is 2.15.